The number of aliphatic hydroxyl groups is 1. The normalized spacial score (nSPS) is 22.5. The van der Waals surface area contributed by atoms with Gasteiger partial charge in [-0.3, -0.25) is 4.79 Å². The summed E-state index contributed by atoms with van der Waals surface area (Å²) < 4.78 is 10.9. The van der Waals surface area contributed by atoms with Gasteiger partial charge in [0.05, 0.1) is 31.7 Å². The van der Waals surface area contributed by atoms with Crippen LogP contribution in [0.3, 0.4) is 0 Å². The molecule has 0 saturated carbocycles. The molecule has 4 heteroatoms. The first-order chi connectivity index (χ1) is 11.5. The van der Waals surface area contributed by atoms with E-state index in [0.29, 0.717) is 19.6 Å². The molecule has 0 unspecified atom stereocenters. The predicted molar refractivity (Wildman–Crippen MR) is 93.3 cm³/mol. The number of ether oxygens (including phenoxy) is 2. The average molecular weight is 330 g/mol. The number of carbonyl (C=O) groups is 1. The molecule has 0 radical (unpaired) electrons. The molecular formula is C20H26O4. The summed E-state index contributed by atoms with van der Waals surface area (Å²) in [5.74, 6) is 0.769. The molecule has 0 fully saturated rings. The van der Waals surface area contributed by atoms with Crippen molar-refractivity contribution < 1.29 is 19.4 Å². The lowest BCUT2D eigenvalue weighted by Gasteiger charge is -2.28. The van der Waals surface area contributed by atoms with Crippen molar-refractivity contribution in [3.8, 4) is 0 Å². The molecule has 0 aromatic heterocycles. The number of allylic oxidation sites excluding steroid dienone is 3. The van der Waals surface area contributed by atoms with Crippen LogP contribution in [0.1, 0.15) is 32.3 Å². The Kier molecular flexibility index (Phi) is 6.76. The molecule has 0 bridgehead atoms. The molecule has 130 valence electrons. The summed E-state index contributed by atoms with van der Waals surface area (Å²) in [4.78, 5) is 12.3. The van der Waals surface area contributed by atoms with Crippen LogP contribution in [-0.2, 0) is 20.9 Å². The minimum Gasteiger partial charge on any atom is -0.498 e. The Bertz CT molecular complexity index is 591. The zero-order valence-electron chi connectivity index (χ0n) is 14.4. The van der Waals surface area contributed by atoms with Crippen molar-refractivity contribution in [2.24, 2.45) is 5.41 Å². The third-order valence-corrected chi connectivity index (χ3v) is 4.16. The summed E-state index contributed by atoms with van der Waals surface area (Å²) in [6, 6.07) is 9.82. The second-order valence-electron chi connectivity index (χ2n) is 6.25. The van der Waals surface area contributed by atoms with Crippen molar-refractivity contribution in [2.45, 2.75) is 39.4 Å². The molecule has 1 N–H and O–H groups in total. The highest BCUT2D eigenvalue weighted by atomic mass is 16.5. The Morgan fingerprint density at radius 3 is 2.75 bits per heavy atom. The van der Waals surface area contributed by atoms with Gasteiger partial charge in [0.15, 0.2) is 5.78 Å². The highest BCUT2D eigenvalue weighted by Crippen LogP contribution is 2.34. The lowest BCUT2D eigenvalue weighted by molar-refractivity contribution is -0.122. The molecular weight excluding hydrogens is 304 g/mol. The summed E-state index contributed by atoms with van der Waals surface area (Å²) in [5.41, 5.74) is 0.484. The summed E-state index contributed by atoms with van der Waals surface area (Å²) in [6.45, 7) is 5.04. The molecule has 0 saturated heterocycles. The van der Waals surface area contributed by atoms with Crippen LogP contribution in [0.25, 0.3) is 0 Å². The SMILES string of the molecule is CCOC1=CC(=O)[C@](C)(C=C[C@H](O)COCc2ccccc2)CC1. The van der Waals surface area contributed by atoms with Crippen molar-refractivity contribution in [1.29, 1.82) is 0 Å². The van der Waals surface area contributed by atoms with E-state index in [1.54, 1.807) is 18.2 Å². The van der Waals surface area contributed by atoms with Gasteiger partial charge in [-0.15, -0.1) is 0 Å². The van der Waals surface area contributed by atoms with Crippen molar-refractivity contribution in [3.05, 3.63) is 59.9 Å². The van der Waals surface area contributed by atoms with E-state index in [9.17, 15) is 9.90 Å². The van der Waals surface area contributed by atoms with Crippen LogP contribution in [0.5, 0.6) is 0 Å². The van der Waals surface area contributed by atoms with Gasteiger partial charge in [0.1, 0.15) is 0 Å². The van der Waals surface area contributed by atoms with Crippen molar-refractivity contribution in [1.82, 2.24) is 0 Å². The number of ketones is 1. The van der Waals surface area contributed by atoms with E-state index in [4.69, 9.17) is 9.47 Å². The molecule has 4 nitrogen and oxygen atoms in total. The molecule has 24 heavy (non-hydrogen) atoms. The van der Waals surface area contributed by atoms with Gasteiger partial charge in [-0.05, 0) is 25.8 Å². The highest BCUT2D eigenvalue weighted by molar-refractivity contribution is 5.97. The summed E-state index contributed by atoms with van der Waals surface area (Å²) >= 11 is 0. The first kappa shape index (κ1) is 18.4. The molecule has 0 heterocycles. The number of rotatable bonds is 8. The quantitative estimate of drug-likeness (QED) is 0.742. The van der Waals surface area contributed by atoms with Gasteiger partial charge in [-0.1, -0.05) is 42.5 Å². The Labute approximate surface area is 143 Å². The largest absolute Gasteiger partial charge is 0.498 e. The average Bonchev–Trinajstić information content (AvgIpc) is 2.58. The van der Waals surface area contributed by atoms with Crippen molar-refractivity contribution in [2.75, 3.05) is 13.2 Å². The smallest absolute Gasteiger partial charge is 0.168 e. The molecule has 1 aliphatic carbocycles. The second-order valence-corrected chi connectivity index (χ2v) is 6.25. The number of hydrogen-bond donors (Lipinski definition) is 1. The van der Waals surface area contributed by atoms with Crippen LogP contribution < -0.4 is 0 Å². The maximum atomic E-state index is 12.3. The van der Waals surface area contributed by atoms with E-state index < -0.39 is 11.5 Å². The zero-order valence-corrected chi connectivity index (χ0v) is 14.4. The summed E-state index contributed by atoms with van der Waals surface area (Å²) in [6.07, 6.45) is 5.73. The standard InChI is InChI=1S/C20H26O4/c1-3-24-18-10-12-20(2,19(22)13-18)11-9-17(21)15-23-14-16-7-5-4-6-8-16/h4-9,11,13,17,21H,3,10,12,14-15H2,1-2H3/t17-,20+/m0/s1. The van der Waals surface area contributed by atoms with E-state index in [1.807, 2.05) is 44.2 Å². The molecule has 2 atom stereocenters. The summed E-state index contributed by atoms with van der Waals surface area (Å²) in [7, 11) is 0. The zero-order chi connectivity index (χ0) is 17.4. The van der Waals surface area contributed by atoms with Crippen LogP contribution in [-0.4, -0.2) is 30.2 Å². The van der Waals surface area contributed by atoms with Crippen molar-refractivity contribution >= 4 is 5.78 Å². The van der Waals surface area contributed by atoms with E-state index in [0.717, 1.165) is 17.7 Å². The van der Waals surface area contributed by atoms with Gasteiger partial charge >= 0.3 is 0 Å². The van der Waals surface area contributed by atoms with E-state index in [1.165, 1.54) is 0 Å². The minimum absolute atomic E-state index is 0.0193. The third kappa shape index (κ3) is 5.32. The van der Waals surface area contributed by atoms with E-state index in [-0.39, 0.29) is 12.4 Å². The lowest BCUT2D eigenvalue weighted by atomic mass is 9.77. The van der Waals surface area contributed by atoms with Crippen LogP contribution >= 0.6 is 0 Å². The molecule has 0 spiro atoms. The van der Waals surface area contributed by atoms with Crippen molar-refractivity contribution in [3.63, 3.8) is 0 Å². The molecule has 1 aromatic carbocycles. The predicted octanol–water partition coefficient (Wildman–Crippen LogP) is 3.41. The number of carbonyl (C=O) groups excluding carboxylic acids is 1. The van der Waals surface area contributed by atoms with Crippen LogP contribution in [0.4, 0.5) is 0 Å². The molecule has 0 aliphatic heterocycles. The molecule has 2 rings (SSSR count). The maximum absolute atomic E-state index is 12.3. The number of benzene rings is 1. The first-order valence-corrected chi connectivity index (χ1v) is 8.40. The highest BCUT2D eigenvalue weighted by Gasteiger charge is 2.33. The van der Waals surface area contributed by atoms with Crippen LogP contribution in [0.15, 0.2) is 54.3 Å². The second kappa shape index (κ2) is 8.81. The molecule has 0 amide bonds. The third-order valence-electron chi connectivity index (χ3n) is 4.16. The van der Waals surface area contributed by atoms with Gasteiger partial charge in [0.2, 0.25) is 0 Å². The van der Waals surface area contributed by atoms with Gasteiger partial charge in [0, 0.05) is 17.9 Å². The Balaban J connectivity index is 1.82. The Hall–Kier alpha value is -1.91. The summed E-state index contributed by atoms with van der Waals surface area (Å²) in [5, 5.41) is 10.0. The number of aliphatic hydroxyl groups excluding tert-OH is 1. The Morgan fingerprint density at radius 1 is 1.33 bits per heavy atom. The first-order valence-electron chi connectivity index (χ1n) is 8.40. The van der Waals surface area contributed by atoms with Gasteiger partial charge in [0.25, 0.3) is 0 Å². The fraction of sp³-hybridized carbons (Fsp3) is 0.450. The lowest BCUT2D eigenvalue weighted by Crippen LogP contribution is -2.29. The van der Waals surface area contributed by atoms with Crippen LogP contribution in [0.2, 0.25) is 0 Å². The van der Waals surface area contributed by atoms with Crippen LogP contribution in [0, 0.1) is 5.41 Å². The van der Waals surface area contributed by atoms with E-state index in [2.05, 4.69) is 0 Å². The minimum atomic E-state index is -0.726. The van der Waals surface area contributed by atoms with E-state index >= 15 is 0 Å². The van der Waals surface area contributed by atoms with Gasteiger partial charge in [-0.2, -0.15) is 0 Å². The van der Waals surface area contributed by atoms with Gasteiger partial charge in [-0.25, -0.2) is 0 Å². The monoisotopic (exact) mass is 330 g/mol. The molecule has 1 aromatic rings. The fourth-order valence-electron chi connectivity index (χ4n) is 2.60. The topological polar surface area (TPSA) is 55.8 Å². The Morgan fingerprint density at radius 2 is 2.08 bits per heavy atom. The fourth-order valence-corrected chi connectivity index (χ4v) is 2.60. The maximum Gasteiger partial charge on any atom is 0.168 e. The molecule has 1 aliphatic rings. The number of hydrogen-bond acceptors (Lipinski definition) is 4. The van der Waals surface area contributed by atoms with Gasteiger partial charge < -0.3 is 14.6 Å².